The number of carbonyl (C=O) groups is 1. The molecule has 100 valence electrons. The van der Waals surface area contributed by atoms with Crippen LogP contribution in [0.5, 0.6) is 0 Å². The van der Waals surface area contributed by atoms with Crippen LogP contribution in [-0.2, 0) is 4.79 Å². The van der Waals surface area contributed by atoms with E-state index >= 15 is 0 Å². The van der Waals surface area contributed by atoms with E-state index in [9.17, 15) is 4.79 Å². The van der Waals surface area contributed by atoms with Crippen molar-refractivity contribution in [3.63, 3.8) is 0 Å². The molecule has 3 unspecified atom stereocenters. The molecule has 1 aliphatic rings. The lowest BCUT2D eigenvalue weighted by Crippen LogP contribution is -2.40. The van der Waals surface area contributed by atoms with Crippen LogP contribution >= 0.6 is 0 Å². The Kier molecular flexibility index (Phi) is 4.59. The fourth-order valence-electron chi connectivity index (χ4n) is 2.70. The Morgan fingerprint density at radius 1 is 1.24 bits per heavy atom. The number of hydrogen-bond donors (Lipinski definition) is 0. The van der Waals surface area contributed by atoms with Crippen LogP contribution in [0.3, 0.4) is 0 Å². The summed E-state index contributed by atoms with van der Waals surface area (Å²) in [6.07, 6.45) is 0. The van der Waals surface area contributed by atoms with Crippen LogP contribution in [-0.4, -0.2) is 47.4 Å². The van der Waals surface area contributed by atoms with Gasteiger partial charge in [-0.3, -0.25) is 9.69 Å². The molecule has 17 heavy (non-hydrogen) atoms. The molecular formula is C14H28N2O. The van der Waals surface area contributed by atoms with Gasteiger partial charge in [0.2, 0.25) is 5.91 Å². The molecule has 1 heterocycles. The van der Waals surface area contributed by atoms with E-state index < -0.39 is 0 Å². The average Bonchev–Trinajstić information content (AvgIpc) is 2.54. The summed E-state index contributed by atoms with van der Waals surface area (Å²) in [6, 6.07) is 1.32. The molecule has 1 saturated heterocycles. The van der Waals surface area contributed by atoms with Gasteiger partial charge in [-0.15, -0.1) is 0 Å². The smallest absolute Gasteiger partial charge is 0.227 e. The highest BCUT2D eigenvalue weighted by Crippen LogP contribution is 2.32. The molecule has 3 heteroatoms. The van der Waals surface area contributed by atoms with E-state index in [0.29, 0.717) is 23.9 Å². The fourth-order valence-corrected chi connectivity index (χ4v) is 2.70. The van der Waals surface area contributed by atoms with Gasteiger partial charge in [0.05, 0.1) is 5.92 Å². The molecule has 0 spiro atoms. The van der Waals surface area contributed by atoms with E-state index in [4.69, 9.17) is 0 Å². The van der Waals surface area contributed by atoms with Crippen molar-refractivity contribution in [2.24, 2.45) is 11.8 Å². The van der Waals surface area contributed by atoms with Gasteiger partial charge in [0, 0.05) is 31.7 Å². The lowest BCUT2D eigenvalue weighted by Gasteiger charge is -2.26. The second-order valence-electron chi connectivity index (χ2n) is 6.04. The van der Waals surface area contributed by atoms with Gasteiger partial charge in [0.25, 0.3) is 0 Å². The summed E-state index contributed by atoms with van der Waals surface area (Å²) < 4.78 is 0. The van der Waals surface area contributed by atoms with E-state index in [0.717, 1.165) is 6.54 Å². The van der Waals surface area contributed by atoms with Gasteiger partial charge < -0.3 is 4.90 Å². The molecule has 0 radical (unpaired) electrons. The lowest BCUT2D eigenvalue weighted by atomic mass is 9.92. The summed E-state index contributed by atoms with van der Waals surface area (Å²) in [5.41, 5.74) is 0. The Labute approximate surface area is 106 Å². The zero-order valence-corrected chi connectivity index (χ0v) is 12.4. The summed E-state index contributed by atoms with van der Waals surface area (Å²) in [6.45, 7) is 13.9. The summed E-state index contributed by atoms with van der Waals surface area (Å²) in [7, 11) is 1.92. The van der Waals surface area contributed by atoms with Gasteiger partial charge >= 0.3 is 0 Å². The van der Waals surface area contributed by atoms with Gasteiger partial charge in [0.1, 0.15) is 0 Å². The van der Waals surface area contributed by atoms with Crippen molar-refractivity contribution in [2.45, 2.75) is 59.7 Å². The van der Waals surface area contributed by atoms with Crippen molar-refractivity contribution in [3.05, 3.63) is 0 Å². The summed E-state index contributed by atoms with van der Waals surface area (Å²) >= 11 is 0. The topological polar surface area (TPSA) is 23.6 Å². The van der Waals surface area contributed by atoms with Gasteiger partial charge in [0.15, 0.2) is 0 Å². The third-order valence-corrected chi connectivity index (χ3v) is 4.43. The van der Waals surface area contributed by atoms with E-state index in [1.54, 1.807) is 0 Å². The maximum atomic E-state index is 12.4. The van der Waals surface area contributed by atoms with Gasteiger partial charge in [-0.05, 0) is 40.5 Å². The van der Waals surface area contributed by atoms with Crippen LogP contribution in [0.2, 0.25) is 0 Å². The molecule has 1 amide bonds. The molecular weight excluding hydrogens is 212 g/mol. The highest BCUT2D eigenvalue weighted by molar-refractivity contribution is 5.79. The standard InChI is InChI=1S/C14H28N2O/c1-9(2)15(7)14(17)13-8-16(10(3)4)12(6)11(13)5/h9-13H,8H2,1-7H3. The Bertz CT molecular complexity index is 275. The fraction of sp³-hybridized carbons (Fsp3) is 0.929. The van der Waals surface area contributed by atoms with Crippen LogP contribution in [0, 0.1) is 11.8 Å². The average molecular weight is 240 g/mol. The van der Waals surface area contributed by atoms with Crippen molar-refractivity contribution >= 4 is 5.91 Å². The zero-order valence-electron chi connectivity index (χ0n) is 12.4. The second-order valence-corrected chi connectivity index (χ2v) is 6.04. The monoisotopic (exact) mass is 240 g/mol. The van der Waals surface area contributed by atoms with Crippen molar-refractivity contribution < 1.29 is 4.79 Å². The van der Waals surface area contributed by atoms with Crippen molar-refractivity contribution in [2.75, 3.05) is 13.6 Å². The highest BCUT2D eigenvalue weighted by atomic mass is 16.2. The molecule has 0 N–H and O–H groups in total. The third kappa shape index (κ3) is 2.82. The van der Waals surface area contributed by atoms with E-state index in [-0.39, 0.29) is 12.0 Å². The summed E-state index contributed by atoms with van der Waals surface area (Å²) in [5, 5.41) is 0. The first-order chi connectivity index (χ1) is 7.77. The molecule has 1 aliphatic heterocycles. The summed E-state index contributed by atoms with van der Waals surface area (Å²) in [5.74, 6) is 0.924. The molecule has 1 fully saturated rings. The van der Waals surface area contributed by atoms with Crippen LogP contribution in [0.4, 0.5) is 0 Å². The normalized spacial score (nSPS) is 30.3. The van der Waals surface area contributed by atoms with Crippen LogP contribution in [0.1, 0.15) is 41.5 Å². The lowest BCUT2D eigenvalue weighted by molar-refractivity contribution is -0.136. The molecule has 0 aromatic heterocycles. The predicted molar refractivity (Wildman–Crippen MR) is 71.9 cm³/mol. The quantitative estimate of drug-likeness (QED) is 0.755. The number of carbonyl (C=O) groups excluding carboxylic acids is 1. The molecule has 0 aromatic carbocycles. The molecule has 0 saturated carbocycles. The van der Waals surface area contributed by atoms with Gasteiger partial charge in [-0.1, -0.05) is 6.92 Å². The highest BCUT2D eigenvalue weighted by Gasteiger charge is 2.42. The van der Waals surface area contributed by atoms with Crippen molar-refractivity contribution in [1.29, 1.82) is 0 Å². The van der Waals surface area contributed by atoms with E-state index in [2.05, 4.69) is 46.4 Å². The third-order valence-electron chi connectivity index (χ3n) is 4.43. The first kappa shape index (κ1) is 14.5. The summed E-state index contributed by atoms with van der Waals surface area (Å²) in [4.78, 5) is 16.7. The van der Waals surface area contributed by atoms with Crippen LogP contribution in [0.15, 0.2) is 0 Å². The molecule has 3 atom stereocenters. The predicted octanol–water partition coefficient (Wildman–Crippen LogP) is 2.22. The minimum Gasteiger partial charge on any atom is -0.343 e. The van der Waals surface area contributed by atoms with Crippen molar-refractivity contribution in [1.82, 2.24) is 9.80 Å². The number of hydrogen-bond acceptors (Lipinski definition) is 2. The first-order valence-corrected chi connectivity index (χ1v) is 6.79. The molecule has 0 aliphatic carbocycles. The Hall–Kier alpha value is -0.570. The van der Waals surface area contributed by atoms with Crippen LogP contribution in [0.25, 0.3) is 0 Å². The Morgan fingerprint density at radius 2 is 1.76 bits per heavy atom. The molecule has 0 aromatic rings. The molecule has 0 bridgehead atoms. The zero-order chi connectivity index (χ0) is 13.3. The number of amides is 1. The SMILES string of the molecule is CC1C(C(=O)N(C)C(C)C)CN(C(C)C)C1C. The molecule has 3 nitrogen and oxygen atoms in total. The molecule has 1 rings (SSSR count). The van der Waals surface area contributed by atoms with Gasteiger partial charge in [-0.25, -0.2) is 0 Å². The number of rotatable bonds is 3. The Balaban J connectivity index is 2.77. The van der Waals surface area contributed by atoms with Gasteiger partial charge in [-0.2, -0.15) is 0 Å². The second kappa shape index (κ2) is 5.38. The minimum absolute atomic E-state index is 0.166. The largest absolute Gasteiger partial charge is 0.343 e. The maximum Gasteiger partial charge on any atom is 0.227 e. The maximum absolute atomic E-state index is 12.4. The van der Waals surface area contributed by atoms with Crippen molar-refractivity contribution in [3.8, 4) is 0 Å². The minimum atomic E-state index is 0.166. The van der Waals surface area contributed by atoms with Crippen LogP contribution < -0.4 is 0 Å². The van der Waals surface area contributed by atoms with E-state index in [1.807, 2.05) is 11.9 Å². The number of nitrogens with zero attached hydrogens (tertiary/aromatic N) is 2. The van der Waals surface area contributed by atoms with E-state index in [1.165, 1.54) is 0 Å². The first-order valence-electron chi connectivity index (χ1n) is 6.79. The Morgan fingerprint density at radius 3 is 2.12 bits per heavy atom. The number of likely N-dealkylation sites (tertiary alicyclic amines) is 1.